The van der Waals surface area contributed by atoms with Crippen molar-refractivity contribution in [1.82, 2.24) is 21.3 Å². The second-order valence-corrected chi connectivity index (χ2v) is 14.5. The molecule has 282 valence electrons. The van der Waals surface area contributed by atoms with Crippen LogP contribution in [0.3, 0.4) is 0 Å². The fraction of sp³-hybridized carbons (Fsp3) is 0.381. The fourth-order valence-corrected chi connectivity index (χ4v) is 5.89. The summed E-state index contributed by atoms with van der Waals surface area (Å²) in [7, 11) is 0. The van der Waals surface area contributed by atoms with Gasteiger partial charge in [-0.1, -0.05) is 117 Å². The lowest BCUT2D eigenvalue weighted by molar-refractivity contribution is -0.130. The van der Waals surface area contributed by atoms with Gasteiger partial charge in [0.2, 0.25) is 11.8 Å². The van der Waals surface area contributed by atoms with Gasteiger partial charge in [0.05, 0.1) is 24.7 Å². The Morgan fingerprint density at radius 1 is 0.660 bits per heavy atom. The van der Waals surface area contributed by atoms with Gasteiger partial charge in [0, 0.05) is 12.8 Å². The quantitative estimate of drug-likeness (QED) is 0.0976. The summed E-state index contributed by atoms with van der Waals surface area (Å²) < 4.78 is 11.1. The number of carbonyl (C=O) groups excluding carboxylic acids is 4. The zero-order valence-electron chi connectivity index (χ0n) is 31.1. The van der Waals surface area contributed by atoms with Crippen LogP contribution in [0.1, 0.15) is 57.7 Å². The van der Waals surface area contributed by atoms with E-state index in [1.165, 1.54) is 0 Å². The first kappa shape index (κ1) is 40.4. The number of carbonyl (C=O) groups is 4. The van der Waals surface area contributed by atoms with Gasteiger partial charge in [-0.25, -0.2) is 9.59 Å². The van der Waals surface area contributed by atoms with Crippen molar-refractivity contribution in [1.29, 1.82) is 0 Å². The second kappa shape index (κ2) is 19.4. The standard InChI is InChI=1S/C42H52N4O7/c1-28(2)37(26-47)44-39(49)36(24-32-21-14-20-31-19-12-13-22-33(31)32)43-38(48)25-35(45-40(50)52-27-30-17-10-7-11-18-30)34(23-29-15-8-6-9-16-29)46-41(51)53-42(3,4)5/h6-22,28,34-37,47H,23-27H2,1-5H3,(H,43,48)(H,44,49)(H,45,50)(H,46,51)/t34-,35-,36-,37+/m0/s1. The lowest BCUT2D eigenvalue weighted by Gasteiger charge is -2.30. The Bertz CT molecular complexity index is 1790. The number of hydrogen-bond acceptors (Lipinski definition) is 7. The van der Waals surface area contributed by atoms with Gasteiger partial charge in [0.25, 0.3) is 0 Å². The van der Waals surface area contributed by atoms with Crippen molar-refractivity contribution < 1.29 is 33.8 Å². The van der Waals surface area contributed by atoms with Crippen LogP contribution in [0.25, 0.3) is 10.8 Å². The highest BCUT2D eigenvalue weighted by Crippen LogP contribution is 2.21. The van der Waals surface area contributed by atoms with E-state index in [2.05, 4.69) is 21.3 Å². The number of nitrogens with one attached hydrogen (secondary N) is 4. The van der Waals surface area contributed by atoms with Gasteiger partial charge < -0.3 is 35.8 Å². The maximum Gasteiger partial charge on any atom is 0.407 e. The normalized spacial score (nSPS) is 13.6. The van der Waals surface area contributed by atoms with Crippen molar-refractivity contribution in [3.05, 3.63) is 120 Å². The van der Waals surface area contributed by atoms with Gasteiger partial charge in [-0.3, -0.25) is 9.59 Å². The molecular weight excluding hydrogens is 672 g/mol. The average Bonchev–Trinajstić information content (AvgIpc) is 3.12. The van der Waals surface area contributed by atoms with Crippen molar-refractivity contribution in [3.8, 4) is 0 Å². The lowest BCUT2D eigenvalue weighted by Crippen LogP contribution is -2.57. The zero-order chi connectivity index (χ0) is 38.4. The van der Waals surface area contributed by atoms with E-state index < -0.39 is 53.8 Å². The average molecular weight is 725 g/mol. The van der Waals surface area contributed by atoms with E-state index in [0.717, 1.165) is 27.5 Å². The third kappa shape index (κ3) is 13.3. The summed E-state index contributed by atoms with van der Waals surface area (Å²) in [5.41, 5.74) is 1.66. The Kier molecular flexibility index (Phi) is 14.8. The number of hydrogen-bond donors (Lipinski definition) is 5. The molecule has 0 bridgehead atoms. The summed E-state index contributed by atoms with van der Waals surface area (Å²) in [6, 6.07) is 28.7. The smallest absolute Gasteiger partial charge is 0.407 e. The first-order chi connectivity index (χ1) is 25.3. The molecule has 4 amide bonds. The molecule has 0 spiro atoms. The first-order valence-electron chi connectivity index (χ1n) is 18.0. The molecule has 0 unspecified atom stereocenters. The highest BCUT2D eigenvalue weighted by atomic mass is 16.6. The summed E-state index contributed by atoms with van der Waals surface area (Å²) in [6.45, 7) is 8.71. The first-order valence-corrected chi connectivity index (χ1v) is 18.0. The van der Waals surface area contributed by atoms with Crippen LogP contribution < -0.4 is 21.3 Å². The highest BCUT2D eigenvalue weighted by molar-refractivity contribution is 5.90. The van der Waals surface area contributed by atoms with E-state index in [-0.39, 0.29) is 38.4 Å². The topological polar surface area (TPSA) is 155 Å². The number of fused-ring (bicyclic) bond motifs is 1. The minimum atomic E-state index is -1.03. The van der Waals surface area contributed by atoms with E-state index >= 15 is 0 Å². The molecule has 0 aliphatic rings. The summed E-state index contributed by atoms with van der Waals surface area (Å²) in [4.78, 5) is 54.4. The predicted octanol–water partition coefficient (Wildman–Crippen LogP) is 5.82. The number of amides is 4. The number of aliphatic hydroxyl groups excluding tert-OH is 1. The largest absolute Gasteiger partial charge is 0.445 e. The van der Waals surface area contributed by atoms with Crippen LogP contribution in [0.4, 0.5) is 9.59 Å². The molecule has 4 aromatic rings. The molecule has 4 rings (SSSR count). The minimum absolute atomic E-state index is 0.0103. The zero-order valence-corrected chi connectivity index (χ0v) is 31.1. The molecule has 0 aliphatic carbocycles. The summed E-state index contributed by atoms with van der Waals surface area (Å²) in [5.74, 6) is -1.07. The molecule has 11 heteroatoms. The number of alkyl carbamates (subject to hydrolysis) is 2. The van der Waals surface area contributed by atoms with Crippen LogP contribution in [0.15, 0.2) is 103 Å². The van der Waals surface area contributed by atoms with Crippen LogP contribution >= 0.6 is 0 Å². The van der Waals surface area contributed by atoms with E-state index in [1.807, 2.05) is 117 Å². The Morgan fingerprint density at radius 2 is 1.26 bits per heavy atom. The Hall–Kier alpha value is -5.42. The van der Waals surface area contributed by atoms with Crippen LogP contribution in [-0.2, 0) is 38.5 Å². The van der Waals surface area contributed by atoms with Crippen molar-refractivity contribution >= 4 is 34.8 Å². The number of benzene rings is 4. The van der Waals surface area contributed by atoms with E-state index in [4.69, 9.17) is 9.47 Å². The molecular formula is C42H52N4O7. The van der Waals surface area contributed by atoms with Crippen LogP contribution in [0.2, 0.25) is 0 Å². The van der Waals surface area contributed by atoms with Crippen molar-refractivity contribution in [3.63, 3.8) is 0 Å². The number of rotatable bonds is 16. The molecule has 0 saturated carbocycles. The molecule has 0 fully saturated rings. The summed E-state index contributed by atoms with van der Waals surface area (Å²) in [5, 5.41) is 23.4. The lowest BCUT2D eigenvalue weighted by atomic mass is 9.95. The molecule has 0 aliphatic heterocycles. The van der Waals surface area contributed by atoms with Crippen LogP contribution in [0.5, 0.6) is 0 Å². The third-order valence-corrected chi connectivity index (χ3v) is 8.69. The van der Waals surface area contributed by atoms with Gasteiger partial charge in [0.1, 0.15) is 18.2 Å². The molecule has 0 aromatic heterocycles. The van der Waals surface area contributed by atoms with E-state index in [1.54, 1.807) is 20.8 Å². The van der Waals surface area contributed by atoms with Gasteiger partial charge in [-0.2, -0.15) is 0 Å². The van der Waals surface area contributed by atoms with E-state index in [9.17, 15) is 24.3 Å². The Morgan fingerprint density at radius 3 is 1.91 bits per heavy atom. The number of aliphatic hydroxyl groups is 1. The molecule has 0 heterocycles. The molecule has 4 aromatic carbocycles. The maximum atomic E-state index is 14.1. The van der Waals surface area contributed by atoms with E-state index in [0.29, 0.717) is 0 Å². The molecule has 11 nitrogen and oxygen atoms in total. The molecule has 0 radical (unpaired) electrons. The molecule has 0 saturated heterocycles. The molecule has 4 atom stereocenters. The van der Waals surface area contributed by atoms with Crippen LogP contribution in [0, 0.1) is 5.92 Å². The summed E-state index contributed by atoms with van der Waals surface area (Å²) >= 11 is 0. The fourth-order valence-electron chi connectivity index (χ4n) is 5.89. The maximum absolute atomic E-state index is 14.1. The van der Waals surface area contributed by atoms with Gasteiger partial charge >= 0.3 is 12.2 Å². The molecule has 5 N–H and O–H groups in total. The number of ether oxygens (including phenoxy) is 2. The van der Waals surface area contributed by atoms with Crippen molar-refractivity contribution in [2.45, 2.75) is 90.3 Å². The predicted molar refractivity (Wildman–Crippen MR) is 205 cm³/mol. The summed E-state index contributed by atoms with van der Waals surface area (Å²) in [6.07, 6.45) is -1.43. The Labute approximate surface area is 311 Å². The SMILES string of the molecule is CC(C)[C@@H](CO)NC(=O)[C@H](Cc1cccc2ccccc12)NC(=O)C[C@H](NC(=O)OCc1ccccc1)[C@H](Cc1ccccc1)NC(=O)OC(C)(C)C. The highest BCUT2D eigenvalue weighted by Gasteiger charge is 2.32. The second-order valence-electron chi connectivity index (χ2n) is 14.5. The van der Waals surface area contributed by atoms with Crippen molar-refractivity contribution in [2.24, 2.45) is 5.92 Å². The molecule has 53 heavy (non-hydrogen) atoms. The van der Waals surface area contributed by atoms with Crippen LogP contribution in [-0.4, -0.2) is 65.5 Å². The van der Waals surface area contributed by atoms with Gasteiger partial charge in [-0.05, 0) is 60.6 Å². The monoisotopic (exact) mass is 724 g/mol. The van der Waals surface area contributed by atoms with Crippen molar-refractivity contribution in [2.75, 3.05) is 6.61 Å². The Balaban J connectivity index is 1.64. The minimum Gasteiger partial charge on any atom is -0.445 e. The third-order valence-electron chi connectivity index (χ3n) is 8.69. The van der Waals surface area contributed by atoms with Gasteiger partial charge in [-0.15, -0.1) is 0 Å². The van der Waals surface area contributed by atoms with Gasteiger partial charge in [0.15, 0.2) is 0 Å².